The van der Waals surface area contributed by atoms with E-state index in [1.807, 2.05) is 42.2 Å². The molecule has 1 aromatic carbocycles. The van der Waals surface area contributed by atoms with E-state index in [1.165, 1.54) is 11.8 Å². The van der Waals surface area contributed by atoms with E-state index < -0.39 is 0 Å². The Kier molecular flexibility index (Phi) is 4.86. The van der Waals surface area contributed by atoms with Gasteiger partial charge in [0.15, 0.2) is 0 Å². The highest BCUT2D eigenvalue weighted by molar-refractivity contribution is 8.00. The molecule has 120 valence electrons. The molecule has 1 fully saturated rings. The van der Waals surface area contributed by atoms with Crippen LogP contribution in [0.2, 0.25) is 0 Å². The number of hydrogen-bond donors (Lipinski definition) is 1. The predicted octanol–water partition coefficient (Wildman–Crippen LogP) is 3.63. The van der Waals surface area contributed by atoms with Crippen LogP contribution in [-0.2, 0) is 4.79 Å². The van der Waals surface area contributed by atoms with E-state index in [9.17, 15) is 9.90 Å². The maximum absolute atomic E-state index is 12.8. The molecule has 1 aliphatic heterocycles. The number of phenols is 1. The highest BCUT2D eigenvalue weighted by Crippen LogP contribution is 2.35. The van der Waals surface area contributed by atoms with E-state index in [4.69, 9.17) is 0 Å². The number of nitrogens with zero attached hydrogens (tertiary/aromatic N) is 2. The molecule has 3 rings (SSSR count). The Bertz CT molecular complexity index is 660. The van der Waals surface area contributed by atoms with Crippen LogP contribution in [-0.4, -0.2) is 32.7 Å². The molecule has 1 aliphatic rings. The molecular formula is C18H20N2O2S. The molecule has 0 unspecified atom stereocenters. The van der Waals surface area contributed by atoms with E-state index in [2.05, 4.69) is 4.98 Å². The van der Waals surface area contributed by atoms with E-state index in [-0.39, 0.29) is 22.9 Å². The van der Waals surface area contributed by atoms with E-state index >= 15 is 0 Å². The molecule has 2 atom stereocenters. The third kappa shape index (κ3) is 3.67. The SMILES string of the molecule is C[C@@H](Sc1ccccn1)C(=O)N1CCC[C@H]1c1ccc(O)cc1. The molecule has 0 radical (unpaired) electrons. The monoisotopic (exact) mass is 328 g/mol. The molecule has 0 saturated carbocycles. The van der Waals surface area contributed by atoms with Gasteiger partial charge in [0, 0.05) is 12.7 Å². The van der Waals surface area contributed by atoms with E-state index in [0.29, 0.717) is 0 Å². The maximum atomic E-state index is 12.8. The van der Waals surface area contributed by atoms with Crippen molar-refractivity contribution >= 4 is 17.7 Å². The smallest absolute Gasteiger partial charge is 0.236 e. The Morgan fingerprint density at radius 2 is 2.09 bits per heavy atom. The van der Waals surface area contributed by atoms with Gasteiger partial charge in [0.2, 0.25) is 5.91 Å². The number of phenolic OH excluding ortho intramolecular Hbond substituents is 1. The zero-order valence-corrected chi connectivity index (χ0v) is 13.9. The molecule has 1 N–H and O–H groups in total. The van der Waals surface area contributed by atoms with Gasteiger partial charge in [-0.15, -0.1) is 0 Å². The van der Waals surface area contributed by atoms with E-state index in [0.717, 1.165) is 30.0 Å². The third-order valence-corrected chi connectivity index (χ3v) is 5.13. The van der Waals surface area contributed by atoms with Crippen molar-refractivity contribution in [3.05, 3.63) is 54.2 Å². The molecule has 1 saturated heterocycles. The summed E-state index contributed by atoms with van der Waals surface area (Å²) in [5, 5.41) is 10.1. The standard InChI is InChI=1S/C18H20N2O2S/c1-13(23-17-6-2-3-11-19-17)18(22)20-12-4-5-16(20)14-7-9-15(21)10-8-14/h2-3,6-11,13,16,21H,4-5,12H2,1H3/t13-,16+/m1/s1. The molecular weight excluding hydrogens is 308 g/mol. The van der Waals surface area contributed by atoms with Gasteiger partial charge in [0.25, 0.3) is 0 Å². The lowest BCUT2D eigenvalue weighted by molar-refractivity contribution is -0.131. The lowest BCUT2D eigenvalue weighted by Gasteiger charge is -2.27. The molecule has 0 spiro atoms. The fourth-order valence-electron chi connectivity index (χ4n) is 2.96. The highest BCUT2D eigenvalue weighted by Gasteiger charge is 2.32. The molecule has 2 aromatic rings. The fraction of sp³-hybridized carbons (Fsp3) is 0.333. The third-order valence-electron chi connectivity index (χ3n) is 4.10. The number of aromatic nitrogens is 1. The summed E-state index contributed by atoms with van der Waals surface area (Å²) in [5.41, 5.74) is 1.09. The number of carbonyl (C=O) groups is 1. The van der Waals surface area contributed by atoms with Crippen molar-refractivity contribution in [2.75, 3.05) is 6.54 Å². The quantitative estimate of drug-likeness (QED) is 0.871. The summed E-state index contributed by atoms with van der Waals surface area (Å²) in [6.07, 6.45) is 3.73. The van der Waals surface area contributed by atoms with Crippen molar-refractivity contribution in [3.63, 3.8) is 0 Å². The molecule has 4 nitrogen and oxygen atoms in total. The summed E-state index contributed by atoms with van der Waals surface area (Å²) in [6, 6.07) is 13.0. The molecule has 0 aliphatic carbocycles. The van der Waals surface area contributed by atoms with Crippen molar-refractivity contribution in [1.29, 1.82) is 0 Å². The average molecular weight is 328 g/mol. The van der Waals surface area contributed by atoms with Crippen LogP contribution in [0.4, 0.5) is 0 Å². The summed E-state index contributed by atoms with van der Waals surface area (Å²) >= 11 is 1.50. The average Bonchev–Trinajstić information content (AvgIpc) is 3.05. The number of pyridine rings is 1. The summed E-state index contributed by atoms with van der Waals surface area (Å²) in [5.74, 6) is 0.403. The first kappa shape index (κ1) is 15.9. The number of rotatable bonds is 4. The predicted molar refractivity (Wildman–Crippen MR) is 91.4 cm³/mol. The number of aromatic hydroxyl groups is 1. The first-order valence-electron chi connectivity index (χ1n) is 7.82. The normalized spacial score (nSPS) is 18.8. The lowest BCUT2D eigenvalue weighted by atomic mass is 10.0. The zero-order chi connectivity index (χ0) is 16.2. The zero-order valence-electron chi connectivity index (χ0n) is 13.1. The Morgan fingerprint density at radius 1 is 1.30 bits per heavy atom. The van der Waals surface area contributed by atoms with Crippen molar-refractivity contribution in [2.45, 2.75) is 36.1 Å². The molecule has 2 heterocycles. The summed E-state index contributed by atoms with van der Waals surface area (Å²) in [4.78, 5) is 19.1. The van der Waals surface area contributed by atoms with Gasteiger partial charge in [-0.05, 0) is 49.6 Å². The Hall–Kier alpha value is -2.01. The van der Waals surface area contributed by atoms with Gasteiger partial charge < -0.3 is 10.0 Å². The Morgan fingerprint density at radius 3 is 2.78 bits per heavy atom. The van der Waals surface area contributed by atoms with Gasteiger partial charge in [0.05, 0.1) is 16.3 Å². The second-order valence-electron chi connectivity index (χ2n) is 5.71. The van der Waals surface area contributed by atoms with Crippen LogP contribution in [0.3, 0.4) is 0 Å². The summed E-state index contributed by atoms with van der Waals surface area (Å²) in [6.45, 7) is 2.73. The second kappa shape index (κ2) is 7.04. The number of benzene rings is 1. The minimum absolute atomic E-state index is 0.106. The van der Waals surface area contributed by atoms with Gasteiger partial charge in [-0.3, -0.25) is 4.79 Å². The number of carbonyl (C=O) groups excluding carboxylic acids is 1. The summed E-state index contributed by atoms with van der Waals surface area (Å²) < 4.78 is 0. The Labute approximate surface area is 140 Å². The van der Waals surface area contributed by atoms with Gasteiger partial charge in [-0.25, -0.2) is 4.98 Å². The molecule has 0 bridgehead atoms. The molecule has 1 aromatic heterocycles. The minimum atomic E-state index is -0.164. The van der Waals surface area contributed by atoms with Crippen molar-refractivity contribution in [2.24, 2.45) is 0 Å². The number of likely N-dealkylation sites (tertiary alicyclic amines) is 1. The lowest BCUT2D eigenvalue weighted by Crippen LogP contribution is -2.36. The van der Waals surface area contributed by atoms with Crippen LogP contribution >= 0.6 is 11.8 Å². The van der Waals surface area contributed by atoms with Crippen molar-refractivity contribution < 1.29 is 9.90 Å². The first-order valence-corrected chi connectivity index (χ1v) is 8.70. The van der Waals surface area contributed by atoms with Crippen LogP contribution in [0.15, 0.2) is 53.7 Å². The topological polar surface area (TPSA) is 53.4 Å². The highest BCUT2D eigenvalue weighted by atomic mass is 32.2. The Balaban J connectivity index is 1.71. The van der Waals surface area contributed by atoms with Gasteiger partial charge >= 0.3 is 0 Å². The maximum Gasteiger partial charge on any atom is 0.236 e. The fourth-order valence-corrected chi connectivity index (χ4v) is 3.83. The van der Waals surface area contributed by atoms with Crippen LogP contribution in [0.5, 0.6) is 5.75 Å². The molecule has 1 amide bonds. The number of amides is 1. The van der Waals surface area contributed by atoms with Gasteiger partial charge in [0.1, 0.15) is 5.75 Å². The molecule has 5 heteroatoms. The molecule has 23 heavy (non-hydrogen) atoms. The minimum Gasteiger partial charge on any atom is -0.508 e. The van der Waals surface area contributed by atoms with Gasteiger partial charge in [-0.1, -0.05) is 30.0 Å². The van der Waals surface area contributed by atoms with Crippen molar-refractivity contribution in [3.8, 4) is 5.75 Å². The van der Waals surface area contributed by atoms with Crippen LogP contribution in [0.25, 0.3) is 0 Å². The van der Waals surface area contributed by atoms with E-state index in [1.54, 1.807) is 18.3 Å². The first-order chi connectivity index (χ1) is 11.1. The van der Waals surface area contributed by atoms with Crippen LogP contribution < -0.4 is 0 Å². The largest absolute Gasteiger partial charge is 0.508 e. The van der Waals surface area contributed by atoms with Gasteiger partial charge in [-0.2, -0.15) is 0 Å². The number of hydrogen-bond acceptors (Lipinski definition) is 4. The number of thioether (sulfide) groups is 1. The van der Waals surface area contributed by atoms with Crippen molar-refractivity contribution in [1.82, 2.24) is 9.88 Å². The summed E-state index contributed by atoms with van der Waals surface area (Å²) in [7, 11) is 0. The van der Waals surface area contributed by atoms with Crippen LogP contribution in [0.1, 0.15) is 31.4 Å². The van der Waals surface area contributed by atoms with Crippen LogP contribution in [0, 0.1) is 0 Å². The second-order valence-corrected chi connectivity index (χ2v) is 7.07.